The number of ketones is 1. The van der Waals surface area contributed by atoms with Crippen molar-refractivity contribution in [3.63, 3.8) is 0 Å². The first-order valence-corrected chi connectivity index (χ1v) is 6.74. The van der Waals surface area contributed by atoms with Crippen molar-refractivity contribution in [2.45, 2.75) is 18.8 Å². The van der Waals surface area contributed by atoms with Crippen LogP contribution >= 0.6 is 0 Å². The Balaban J connectivity index is 1.98. The van der Waals surface area contributed by atoms with Crippen LogP contribution in [-0.4, -0.2) is 5.78 Å². The average Bonchev–Trinajstić information content (AvgIpc) is 2.46. The third kappa shape index (κ3) is 1.58. The molecule has 1 unspecified atom stereocenters. The van der Waals surface area contributed by atoms with E-state index in [2.05, 4.69) is 36.4 Å². The molecule has 0 amide bonds. The molecule has 0 aromatic heterocycles. The number of rotatable bonds is 0. The Morgan fingerprint density at radius 3 is 2.68 bits per heavy atom. The maximum Gasteiger partial charge on any atom is 0.163 e. The molecule has 0 N–H and O–H groups in total. The number of Topliss-reactive ketones (excluding diaryl/α,β-unsaturated/α-hetero) is 1. The molecule has 0 bridgehead atoms. The van der Waals surface area contributed by atoms with E-state index in [4.69, 9.17) is 0 Å². The summed E-state index contributed by atoms with van der Waals surface area (Å²) in [6.45, 7) is 0. The van der Waals surface area contributed by atoms with Crippen LogP contribution < -0.4 is 0 Å². The lowest BCUT2D eigenvalue weighted by molar-refractivity contribution is -0.115. The van der Waals surface area contributed by atoms with Gasteiger partial charge in [-0.3, -0.25) is 4.79 Å². The number of carbonyl (C=O) groups excluding carboxylic acids is 1. The van der Waals surface area contributed by atoms with Gasteiger partial charge in [-0.15, -0.1) is 0 Å². The second kappa shape index (κ2) is 3.92. The quantitative estimate of drug-likeness (QED) is 0.688. The van der Waals surface area contributed by atoms with Crippen molar-refractivity contribution in [3.8, 4) is 0 Å². The SMILES string of the molecule is O=C1Cc2cc3ccccc3cc2C2CC=CC=C12. The van der Waals surface area contributed by atoms with Crippen molar-refractivity contribution in [2.24, 2.45) is 0 Å². The normalized spacial score (nSPS) is 20.9. The predicted octanol–water partition coefficient (Wildman–Crippen LogP) is 3.93. The van der Waals surface area contributed by atoms with Crippen LogP contribution in [0.2, 0.25) is 0 Å². The lowest BCUT2D eigenvalue weighted by Crippen LogP contribution is -2.22. The van der Waals surface area contributed by atoms with Gasteiger partial charge in [0, 0.05) is 17.9 Å². The van der Waals surface area contributed by atoms with Gasteiger partial charge in [0.1, 0.15) is 0 Å². The van der Waals surface area contributed by atoms with E-state index >= 15 is 0 Å². The van der Waals surface area contributed by atoms with Gasteiger partial charge in [-0.2, -0.15) is 0 Å². The summed E-state index contributed by atoms with van der Waals surface area (Å²) in [5.41, 5.74) is 3.54. The third-order valence-corrected chi connectivity index (χ3v) is 4.22. The van der Waals surface area contributed by atoms with Crippen LogP contribution in [0.15, 0.2) is 60.2 Å². The molecule has 1 nitrogen and oxygen atoms in total. The van der Waals surface area contributed by atoms with Crippen molar-refractivity contribution < 1.29 is 4.79 Å². The second-order valence-electron chi connectivity index (χ2n) is 5.34. The van der Waals surface area contributed by atoms with Crippen LogP contribution in [0.5, 0.6) is 0 Å². The Morgan fingerprint density at radius 1 is 1.05 bits per heavy atom. The van der Waals surface area contributed by atoms with Gasteiger partial charge in [-0.25, -0.2) is 0 Å². The summed E-state index contributed by atoms with van der Waals surface area (Å²) in [5.74, 6) is 0.558. The van der Waals surface area contributed by atoms with E-state index in [1.807, 2.05) is 18.2 Å². The molecule has 1 atom stereocenters. The molecule has 1 heteroatoms. The Bertz CT molecular complexity index is 749. The average molecular weight is 246 g/mol. The minimum absolute atomic E-state index is 0.269. The highest BCUT2D eigenvalue weighted by molar-refractivity contribution is 6.02. The van der Waals surface area contributed by atoms with Crippen molar-refractivity contribution in [3.05, 3.63) is 71.3 Å². The maximum absolute atomic E-state index is 12.2. The topological polar surface area (TPSA) is 17.1 Å². The van der Waals surface area contributed by atoms with Crippen LogP contribution in [0.4, 0.5) is 0 Å². The molecule has 0 aliphatic heterocycles. The lowest BCUT2D eigenvalue weighted by Gasteiger charge is -2.28. The summed E-state index contributed by atoms with van der Waals surface area (Å²) < 4.78 is 0. The van der Waals surface area contributed by atoms with Crippen molar-refractivity contribution >= 4 is 16.6 Å². The first-order chi connectivity index (χ1) is 9.33. The molecule has 0 saturated carbocycles. The zero-order valence-corrected chi connectivity index (χ0v) is 10.6. The van der Waals surface area contributed by atoms with Crippen molar-refractivity contribution in [2.75, 3.05) is 0 Å². The molecule has 92 valence electrons. The van der Waals surface area contributed by atoms with E-state index in [1.165, 1.54) is 21.9 Å². The maximum atomic E-state index is 12.2. The van der Waals surface area contributed by atoms with Gasteiger partial charge in [0.2, 0.25) is 0 Å². The van der Waals surface area contributed by atoms with Gasteiger partial charge in [0.25, 0.3) is 0 Å². The first-order valence-electron chi connectivity index (χ1n) is 6.74. The fourth-order valence-electron chi connectivity index (χ4n) is 3.27. The molecule has 2 aliphatic carbocycles. The molecule has 0 heterocycles. The van der Waals surface area contributed by atoms with E-state index in [0.717, 1.165) is 12.0 Å². The Morgan fingerprint density at radius 2 is 1.84 bits per heavy atom. The minimum Gasteiger partial charge on any atom is -0.294 e. The minimum atomic E-state index is 0.269. The molecular formula is C18H14O. The Labute approximate surface area is 112 Å². The van der Waals surface area contributed by atoms with Crippen LogP contribution in [0.25, 0.3) is 10.8 Å². The fourth-order valence-corrected chi connectivity index (χ4v) is 3.27. The summed E-state index contributed by atoms with van der Waals surface area (Å²) in [4.78, 5) is 12.2. The molecule has 0 fully saturated rings. The number of hydrogen-bond acceptors (Lipinski definition) is 1. The summed E-state index contributed by atoms with van der Waals surface area (Å²) >= 11 is 0. The number of hydrogen-bond donors (Lipinski definition) is 0. The van der Waals surface area contributed by atoms with Crippen LogP contribution in [-0.2, 0) is 11.2 Å². The van der Waals surface area contributed by atoms with Crippen LogP contribution in [0.1, 0.15) is 23.5 Å². The smallest absolute Gasteiger partial charge is 0.163 e. The highest BCUT2D eigenvalue weighted by Crippen LogP contribution is 2.40. The molecule has 0 radical (unpaired) electrons. The molecule has 0 saturated heterocycles. The molecule has 0 spiro atoms. The van der Waals surface area contributed by atoms with Crippen LogP contribution in [0.3, 0.4) is 0 Å². The summed E-state index contributed by atoms with van der Waals surface area (Å²) in [6.07, 6.45) is 7.66. The highest BCUT2D eigenvalue weighted by Gasteiger charge is 2.30. The van der Waals surface area contributed by atoms with Gasteiger partial charge < -0.3 is 0 Å². The summed E-state index contributed by atoms with van der Waals surface area (Å²) in [7, 11) is 0. The first kappa shape index (κ1) is 10.7. The van der Waals surface area contributed by atoms with Gasteiger partial charge in [0.05, 0.1) is 0 Å². The monoisotopic (exact) mass is 246 g/mol. The molecular weight excluding hydrogens is 232 g/mol. The number of allylic oxidation sites excluding steroid dienone is 4. The molecule has 19 heavy (non-hydrogen) atoms. The fraction of sp³-hybridized carbons (Fsp3) is 0.167. The van der Waals surface area contributed by atoms with E-state index < -0.39 is 0 Å². The molecule has 4 rings (SSSR count). The Hall–Kier alpha value is -2.15. The Kier molecular flexibility index (Phi) is 2.22. The van der Waals surface area contributed by atoms with E-state index in [9.17, 15) is 4.79 Å². The molecule has 2 aromatic carbocycles. The zero-order valence-electron chi connectivity index (χ0n) is 10.6. The summed E-state index contributed by atoms with van der Waals surface area (Å²) in [5, 5.41) is 2.50. The van der Waals surface area contributed by atoms with Gasteiger partial charge >= 0.3 is 0 Å². The lowest BCUT2D eigenvalue weighted by atomic mass is 9.74. The van der Waals surface area contributed by atoms with E-state index in [-0.39, 0.29) is 11.7 Å². The predicted molar refractivity (Wildman–Crippen MR) is 77.2 cm³/mol. The van der Waals surface area contributed by atoms with Gasteiger partial charge in [-0.1, -0.05) is 54.6 Å². The van der Waals surface area contributed by atoms with Crippen LogP contribution in [0, 0.1) is 0 Å². The van der Waals surface area contributed by atoms with Crippen molar-refractivity contribution in [1.29, 1.82) is 0 Å². The number of fused-ring (bicyclic) bond motifs is 4. The van der Waals surface area contributed by atoms with E-state index in [1.54, 1.807) is 0 Å². The van der Waals surface area contributed by atoms with E-state index in [0.29, 0.717) is 6.42 Å². The third-order valence-electron chi connectivity index (χ3n) is 4.22. The highest BCUT2D eigenvalue weighted by atomic mass is 16.1. The molecule has 2 aromatic rings. The zero-order chi connectivity index (χ0) is 12.8. The standard InChI is InChI=1S/C18H14O/c19-18-11-14-9-12-5-1-2-6-13(12)10-17(14)15-7-3-4-8-16(15)18/h1-6,8-10,15H,7,11H2. The number of carbonyl (C=O) groups is 1. The molecule has 2 aliphatic rings. The summed E-state index contributed by atoms with van der Waals surface area (Å²) in [6, 6.07) is 12.8. The largest absolute Gasteiger partial charge is 0.294 e. The van der Waals surface area contributed by atoms with Gasteiger partial charge in [0.15, 0.2) is 5.78 Å². The van der Waals surface area contributed by atoms with Crippen molar-refractivity contribution in [1.82, 2.24) is 0 Å². The second-order valence-corrected chi connectivity index (χ2v) is 5.34. The number of benzene rings is 2. The van der Waals surface area contributed by atoms with Gasteiger partial charge in [-0.05, 0) is 28.3 Å².